The molecule has 1 amide bonds. The zero-order valence-corrected chi connectivity index (χ0v) is 15.6. The summed E-state index contributed by atoms with van der Waals surface area (Å²) in [6.07, 6.45) is 1.76. The molecule has 2 aromatic rings. The Bertz CT molecular complexity index is 909. The molecule has 0 unspecified atom stereocenters. The van der Waals surface area contributed by atoms with Gasteiger partial charge in [-0.25, -0.2) is 4.79 Å². The molecular weight excluding hydrogens is 386 g/mol. The fourth-order valence-electron chi connectivity index (χ4n) is 2.26. The van der Waals surface area contributed by atoms with Crippen LogP contribution in [0, 0.1) is 0 Å². The molecular formula is C19H15NO5S2. The van der Waals surface area contributed by atoms with Gasteiger partial charge in [0.2, 0.25) is 0 Å². The molecule has 27 heavy (non-hydrogen) atoms. The summed E-state index contributed by atoms with van der Waals surface area (Å²) in [5.74, 6) is -0.0596. The Hall–Kier alpha value is -2.84. The van der Waals surface area contributed by atoms with Crippen molar-refractivity contribution in [1.29, 1.82) is 0 Å². The van der Waals surface area contributed by atoms with Crippen molar-refractivity contribution in [2.45, 2.75) is 6.61 Å². The maximum Gasteiger partial charge on any atom is 0.341 e. The third-order valence-electron chi connectivity index (χ3n) is 3.49. The van der Waals surface area contributed by atoms with E-state index in [0.717, 1.165) is 11.1 Å². The monoisotopic (exact) mass is 401 g/mol. The second kappa shape index (κ2) is 8.70. The van der Waals surface area contributed by atoms with Gasteiger partial charge in [-0.3, -0.25) is 4.79 Å². The lowest BCUT2D eigenvalue weighted by Gasteiger charge is -2.08. The molecule has 1 saturated heterocycles. The predicted molar refractivity (Wildman–Crippen MR) is 107 cm³/mol. The van der Waals surface area contributed by atoms with Crippen LogP contribution in [0.15, 0.2) is 53.4 Å². The lowest BCUT2D eigenvalue weighted by atomic mass is 10.2. The summed E-state index contributed by atoms with van der Waals surface area (Å²) < 4.78 is 11.3. The summed E-state index contributed by atoms with van der Waals surface area (Å²) in [6.45, 7) is -0.0300. The number of carbonyl (C=O) groups excluding carboxylic acids is 1. The highest BCUT2D eigenvalue weighted by molar-refractivity contribution is 8.26. The van der Waals surface area contributed by atoms with E-state index in [1.165, 1.54) is 11.8 Å². The molecule has 2 aromatic carbocycles. The summed E-state index contributed by atoms with van der Waals surface area (Å²) in [6, 6.07) is 14.4. The summed E-state index contributed by atoms with van der Waals surface area (Å²) >= 11 is 6.21. The largest absolute Gasteiger partial charge is 0.489 e. The number of carboxylic acids is 1. The Labute approximate surface area is 165 Å². The minimum Gasteiger partial charge on any atom is -0.489 e. The Morgan fingerprint density at radius 3 is 2.59 bits per heavy atom. The molecule has 1 heterocycles. The molecule has 0 radical (unpaired) electrons. The van der Waals surface area contributed by atoms with Crippen molar-refractivity contribution in [1.82, 2.24) is 5.32 Å². The predicted octanol–water partition coefficient (Wildman–Crippen LogP) is 3.22. The molecule has 0 saturated carbocycles. The molecule has 0 aromatic heterocycles. The minimum atomic E-state index is -1.02. The number of benzene rings is 2. The second-order valence-electron chi connectivity index (χ2n) is 5.54. The van der Waals surface area contributed by atoms with Gasteiger partial charge >= 0.3 is 5.97 Å². The number of nitrogens with one attached hydrogen (secondary N) is 1. The number of ether oxygens (including phenoxy) is 2. The zero-order valence-electron chi connectivity index (χ0n) is 14.0. The highest BCUT2D eigenvalue weighted by Crippen LogP contribution is 2.27. The smallest absolute Gasteiger partial charge is 0.341 e. The maximum atomic E-state index is 11.7. The summed E-state index contributed by atoms with van der Waals surface area (Å²) in [4.78, 5) is 22.8. The lowest BCUT2D eigenvalue weighted by molar-refractivity contribution is -0.139. The van der Waals surface area contributed by atoms with Crippen molar-refractivity contribution in [2.75, 3.05) is 6.61 Å². The van der Waals surface area contributed by atoms with Crippen molar-refractivity contribution in [2.24, 2.45) is 0 Å². The topological polar surface area (TPSA) is 84.9 Å². The first-order valence-electron chi connectivity index (χ1n) is 7.91. The highest BCUT2D eigenvalue weighted by atomic mass is 32.2. The first-order valence-corrected chi connectivity index (χ1v) is 9.13. The number of carboxylic acid groups (broad SMARTS) is 1. The molecule has 0 bridgehead atoms. The SMILES string of the molecule is O=C(O)COc1ccc(COc2cccc(C=C3SC(=S)NC3=O)c2)cc1. The first kappa shape index (κ1) is 18.9. The van der Waals surface area contributed by atoms with Crippen LogP contribution in [0.25, 0.3) is 6.08 Å². The molecule has 2 N–H and O–H groups in total. The van der Waals surface area contributed by atoms with Gasteiger partial charge in [-0.1, -0.05) is 48.2 Å². The van der Waals surface area contributed by atoms with Crippen LogP contribution < -0.4 is 14.8 Å². The van der Waals surface area contributed by atoms with Crippen LogP contribution in [0.5, 0.6) is 11.5 Å². The van der Waals surface area contributed by atoms with Gasteiger partial charge in [0.1, 0.15) is 22.4 Å². The fraction of sp³-hybridized carbons (Fsp3) is 0.105. The number of thiocarbonyl (C=S) groups is 1. The van der Waals surface area contributed by atoms with E-state index in [2.05, 4.69) is 5.32 Å². The van der Waals surface area contributed by atoms with Gasteiger partial charge in [-0.15, -0.1) is 0 Å². The standard InChI is InChI=1S/C19H15NO5S2/c21-17(22)11-25-14-6-4-12(5-7-14)10-24-15-3-1-2-13(8-15)9-16-18(23)20-19(26)27-16/h1-9H,10-11H2,(H,21,22)(H,20,23,26). The molecule has 138 valence electrons. The molecule has 1 aliphatic rings. The van der Waals surface area contributed by atoms with Gasteiger partial charge in [0.25, 0.3) is 5.91 Å². The molecule has 1 fully saturated rings. The molecule has 1 aliphatic heterocycles. The first-order chi connectivity index (χ1) is 13.0. The van der Waals surface area contributed by atoms with E-state index in [9.17, 15) is 9.59 Å². The van der Waals surface area contributed by atoms with Crippen LogP contribution in [0.4, 0.5) is 0 Å². The van der Waals surface area contributed by atoms with Gasteiger partial charge in [0, 0.05) is 0 Å². The Morgan fingerprint density at radius 1 is 1.15 bits per heavy atom. The van der Waals surface area contributed by atoms with Crippen molar-refractivity contribution < 1.29 is 24.2 Å². The Kier molecular flexibility index (Phi) is 6.10. The van der Waals surface area contributed by atoms with Crippen molar-refractivity contribution in [3.63, 3.8) is 0 Å². The van der Waals surface area contributed by atoms with E-state index < -0.39 is 5.97 Å². The van der Waals surface area contributed by atoms with Crippen molar-refractivity contribution in [3.05, 3.63) is 64.6 Å². The van der Waals surface area contributed by atoms with Crippen molar-refractivity contribution >= 4 is 46.3 Å². The van der Waals surface area contributed by atoms with Gasteiger partial charge in [0.15, 0.2) is 6.61 Å². The molecule has 3 rings (SSSR count). The average molecular weight is 401 g/mol. The molecule has 0 aliphatic carbocycles. The molecule has 0 spiro atoms. The van der Waals surface area contributed by atoms with Crippen LogP contribution in [0.3, 0.4) is 0 Å². The van der Waals surface area contributed by atoms with E-state index in [1.807, 2.05) is 36.4 Å². The van der Waals surface area contributed by atoms with Gasteiger partial charge in [0.05, 0.1) is 4.91 Å². The number of aliphatic carboxylic acids is 1. The van der Waals surface area contributed by atoms with E-state index in [4.69, 9.17) is 26.8 Å². The van der Waals surface area contributed by atoms with Crippen LogP contribution in [-0.2, 0) is 16.2 Å². The molecule has 0 atom stereocenters. The third kappa shape index (κ3) is 5.57. The number of rotatable bonds is 7. The molecule has 8 heteroatoms. The number of hydrogen-bond donors (Lipinski definition) is 2. The number of thioether (sulfide) groups is 1. The summed E-state index contributed by atoms with van der Waals surface area (Å²) in [5, 5.41) is 11.2. The van der Waals surface area contributed by atoms with E-state index in [-0.39, 0.29) is 12.5 Å². The summed E-state index contributed by atoms with van der Waals surface area (Å²) in [5.41, 5.74) is 1.75. The normalized spacial score (nSPS) is 14.9. The minimum absolute atomic E-state index is 0.193. The highest BCUT2D eigenvalue weighted by Gasteiger charge is 2.21. The summed E-state index contributed by atoms with van der Waals surface area (Å²) in [7, 11) is 0. The second-order valence-corrected chi connectivity index (χ2v) is 7.26. The zero-order chi connectivity index (χ0) is 19.2. The molecule has 6 nitrogen and oxygen atoms in total. The van der Waals surface area contributed by atoms with Crippen LogP contribution in [0.1, 0.15) is 11.1 Å². The van der Waals surface area contributed by atoms with E-state index >= 15 is 0 Å². The lowest BCUT2D eigenvalue weighted by Crippen LogP contribution is -2.17. The average Bonchev–Trinajstić information content (AvgIpc) is 2.96. The van der Waals surface area contributed by atoms with Crippen LogP contribution >= 0.6 is 24.0 Å². The third-order valence-corrected chi connectivity index (χ3v) is 4.65. The number of carbonyl (C=O) groups is 2. The number of hydrogen-bond acceptors (Lipinski definition) is 6. The van der Waals surface area contributed by atoms with Gasteiger partial charge in [-0.05, 0) is 41.5 Å². The van der Waals surface area contributed by atoms with Crippen LogP contribution in [0.2, 0.25) is 0 Å². The van der Waals surface area contributed by atoms with Gasteiger partial charge < -0.3 is 19.9 Å². The number of amides is 1. The van der Waals surface area contributed by atoms with E-state index in [1.54, 1.807) is 18.2 Å². The van der Waals surface area contributed by atoms with Crippen molar-refractivity contribution in [3.8, 4) is 11.5 Å². The fourth-order valence-corrected chi connectivity index (χ4v) is 3.30. The van der Waals surface area contributed by atoms with Crippen LogP contribution in [-0.4, -0.2) is 27.9 Å². The maximum absolute atomic E-state index is 11.7. The van der Waals surface area contributed by atoms with Gasteiger partial charge in [-0.2, -0.15) is 0 Å². The Morgan fingerprint density at radius 2 is 1.93 bits per heavy atom. The quantitative estimate of drug-likeness (QED) is 0.544. The Balaban J connectivity index is 1.60. The van der Waals surface area contributed by atoms with E-state index in [0.29, 0.717) is 27.3 Å².